The molecule has 0 spiro atoms. The minimum absolute atomic E-state index is 0.00472. The number of carbonyl (C=O) groups excluding carboxylic acids is 2. The van der Waals surface area contributed by atoms with Crippen LogP contribution < -0.4 is 16.0 Å². The lowest BCUT2D eigenvalue weighted by molar-refractivity contribution is -0.126. The highest BCUT2D eigenvalue weighted by atomic mass is 16.5. The van der Waals surface area contributed by atoms with Crippen molar-refractivity contribution < 1.29 is 14.3 Å². The normalized spacial score (nSPS) is 22.0. The third kappa shape index (κ3) is 5.46. The van der Waals surface area contributed by atoms with E-state index >= 15 is 0 Å². The molecule has 1 saturated heterocycles. The van der Waals surface area contributed by atoms with Crippen LogP contribution >= 0.6 is 0 Å². The SMILES string of the molecule is CCCNC1COCC1C(=O)NCCNC(=O)C(C)C. The lowest BCUT2D eigenvalue weighted by Gasteiger charge is -2.18. The summed E-state index contributed by atoms with van der Waals surface area (Å²) >= 11 is 0. The first-order valence-corrected chi connectivity index (χ1v) is 7.42. The van der Waals surface area contributed by atoms with Gasteiger partial charge in [-0.3, -0.25) is 9.59 Å². The molecule has 0 saturated carbocycles. The Morgan fingerprint density at radius 1 is 1.15 bits per heavy atom. The second-order valence-electron chi connectivity index (χ2n) is 5.44. The summed E-state index contributed by atoms with van der Waals surface area (Å²) in [7, 11) is 0. The van der Waals surface area contributed by atoms with Gasteiger partial charge in [0.25, 0.3) is 0 Å². The summed E-state index contributed by atoms with van der Waals surface area (Å²) in [5.41, 5.74) is 0. The lowest BCUT2D eigenvalue weighted by atomic mass is 10.0. The van der Waals surface area contributed by atoms with Gasteiger partial charge < -0.3 is 20.7 Å². The van der Waals surface area contributed by atoms with Crippen molar-refractivity contribution in [2.75, 3.05) is 32.8 Å². The second kappa shape index (κ2) is 8.92. The Hall–Kier alpha value is -1.14. The summed E-state index contributed by atoms with van der Waals surface area (Å²) in [4.78, 5) is 23.4. The summed E-state index contributed by atoms with van der Waals surface area (Å²) in [5, 5.41) is 8.95. The van der Waals surface area contributed by atoms with Crippen LogP contribution in [0.25, 0.3) is 0 Å². The molecule has 1 fully saturated rings. The summed E-state index contributed by atoms with van der Waals surface area (Å²) in [6, 6.07) is 0.0974. The Bertz CT molecular complexity index is 321. The summed E-state index contributed by atoms with van der Waals surface area (Å²) in [5.74, 6) is -0.167. The molecule has 0 aromatic carbocycles. The van der Waals surface area contributed by atoms with Crippen LogP contribution in [-0.2, 0) is 14.3 Å². The van der Waals surface area contributed by atoms with Crippen molar-refractivity contribution in [2.45, 2.75) is 33.2 Å². The third-order valence-electron chi connectivity index (χ3n) is 3.32. The minimum atomic E-state index is -0.137. The highest BCUT2D eigenvalue weighted by molar-refractivity contribution is 5.80. The molecule has 0 radical (unpaired) electrons. The molecule has 1 heterocycles. The van der Waals surface area contributed by atoms with Crippen LogP contribution in [0.4, 0.5) is 0 Å². The van der Waals surface area contributed by atoms with Crippen molar-refractivity contribution in [3.8, 4) is 0 Å². The number of carbonyl (C=O) groups is 2. The van der Waals surface area contributed by atoms with Crippen molar-refractivity contribution >= 4 is 11.8 Å². The molecule has 2 unspecified atom stereocenters. The van der Waals surface area contributed by atoms with Crippen molar-refractivity contribution in [3.05, 3.63) is 0 Å². The average molecular weight is 285 g/mol. The highest BCUT2D eigenvalue weighted by Gasteiger charge is 2.33. The van der Waals surface area contributed by atoms with Gasteiger partial charge in [-0.1, -0.05) is 20.8 Å². The largest absolute Gasteiger partial charge is 0.379 e. The van der Waals surface area contributed by atoms with Gasteiger partial charge in [0.05, 0.1) is 19.1 Å². The molecule has 0 aliphatic carbocycles. The fourth-order valence-electron chi connectivity index (χ4n) is 2.05. The topological polar surface area (TPSA) is 79.5 Å². The maximum atomic E-state index is 12.1. The minimum Gasteiger partial charge on any atom is -0.379 e. The molecule has 1 aliphatic rings. The number of rotatable bonds is 8. The van der Waals surface area contributed by atoms with Crippen LogP contribution in [0.3, 0.4) is 0 Å². The van der Waals surface area contributed by atoms with Crippen molar-refractivity contribution in [3.63, 3.8) is 0 Å². The van der Waals surface area contributed by atoms with Crippen molar-refractivity contribution in [2.24, 2.45) is 11.8 Å². The molecule has 2 amide bonds. The fourth-order valence-corrected chi connectivity index (χ4v) is 2.05. The number of nitrogens with one attached hydrogen (secondary N) is 3. The van der Waals surface area contributed by atoms with E-state index in [1.807, 2.05) is 13.8 Å². The fraction of sp³-hybridized carbons (Fsp3) is 0.857. The molecular weight excluding hydrogens is 258 g/mol. The van der Waals surface area contributed by atoms with E-state index < -0.39 is 0 Å². The number of hydrogen-bond acceptors (Lipinski definition) is 4. The van der Waals surface area contributed by atoms with E-state index in [9.17, 15) is 9.59 Å². The first-order chi connectivity index (χ1) is 9.56. The van der Waals surface area contributed by atoms with Gasteiger partial charge >= 0.3 is 0 Å². The smallest absolute Gasteiger partial charge is 0.227 e. The molecule has 1 aliphatic heterocycles. The van der Waals surface area contributed by atoms with Crippen LogP contribution in [0.15, 0.2) is 0 Å². The van der Waals surface area contributed by atoms with E-state index in [4.69, 9.17) is 4.74 Å². The van der Waals surface area contributed by atoms with E-state index in [1.54, 1.807) is 0 Å². The highest BCUT2D eigenvalue weighted by Crippen LogP contribution is 2.13. The van der Waals surface area contributed by atoms with E-state index in [1.165, 1.54) is 0 Å². The van der Waals surface area contributed by atoms with Crippen LogP contribution in [0, 0.1) is 11.8 Å². The van der Waals surface area contributed by atoms with Crippen molar-refractivity contribution in [1.29, 1.82) is 0 Å². The Kier molecular flexibility index (Phi) is 7.54. The van der Waals surface area contributed by atoms with Gasteiger partial charge in [0.2, 0.25) is 11.8 Å². The number of ether oxygens (including phenoxy) is 1. The molecule has 116 valence electrons. The van der Waals surface area contributed by atoms with Gasteiger partial charge in [-0.25, -0.2) is 0 Å². The Balaban J connectivity index is 2.23. The van der Waals surface area contributed by atoms with E-state index in [2.05, 4.69) is 22.9 Å². The molecule has 1 rings (SSSR count). The van der Waals surface area contributed by atoms with E-state index in [0.29, 0.717) is 26.3 Å². The number of amides is 2. The van der Waals surface area contributed by atoms with Gasteiger partial charge in [-0.05, 0) is 13.0 Å². The van der Waals surface area contributed by atoms with Crippen LogP contribution in [0.1, 0.15) is 27.2 Å². The summed E-state index contributed by atoms with van der Waals surface area (Å²) in [6.07, 6.45) is 1.03. The van der Waals surface area contributed by atoms with Gasteiger partial charge in [-0.2, -0.15) is 0 Å². The molecule has 6 heteroatoms. The Morgan fingerprint density at radius 3 is 2.50 bits per heavy atom. The molecule has 3 N–H and O–H groups in total. The molecule has 6 nitrogen and oxygen atoms in total. The van der Waals surface area contributed by atoms with E-state index in [0.717, 1.165) is 13.0 Å². The molecule has 2 atom stereocenters. The second-order valence-corrected chi connectivity index (χ2v) is 5.44. The molecule has 0 aromatic rings. The first-order valence-electron chi connectivity index (χ1n) is 7.42. The molecular formula is C14H27N3O3. The zero-order valence-electron chi connectivity index (χ0n) is 12.7. The zero-order chi connectivity index (χ0) is 15.0. The molecule has 0 aromatic heterocycles. The predicted octanol–water partition coefficient (Wildman–Crippen LogP) is -0.111. The van der Waals surface area contributed by atoms with E-state index in [-0.39, 0.29) is 29.7 Å². The Labute approximate surface area is 121 Å². The average Bonchev–Trinajstić information content (AvgIpc) is 2.88. The predicted molar refractivity (Wildman–Crippen MR) is 77.2 cm³/mol. The quantitative estimate of drug-likeness (QED) is 0.544. The maximum Gasteiger partial charge on any atom is 0.227 e. The Morgan fingerprint density at radius 2 is 1.85 bits per heavy atom. The molecule has 0 bridgehead atoms. The van der Waals surface area contributed by atoms with Gasteiger partial charge in [0.15, 0.2) is 0 Å². The standard InChI is InChI=1S/C14H27N3O3/c1-4-5-15-12-9-20-8-11(12)14(19)17-7-6-16-13(18)10(2)3/h10-12,15H,4-9H2,1-3H3,(H,16,18)(H,17,19). The van der Waals surface area contributed by atoms with Crippen LogP contribution in [0.5, 0.6) is 0 Å². The maximum absolute atomic E-state index is 12.1. The van der Waals surface area contributed by atoms with Crippen molar-refractivity contribution in [1.82, 2.24) is 16.0 Å². The summed E-state index contributed by atoms with van der Waals surface area (Å²) < 4.78 is 5.37. The van der Waals surface area contributed by atoms with Crippen LogP contribution in [-0.4, -0.2) is 50.7 Å². The van der Waals surface area contributed by atoms with Gasteiger partial charge in [-0.15, -0.1) is 0 Å². The zero-order valence-corrected chi connectivity index (χ0v) is 12.7. The summed E-state index contributed by atoms with van der Waals surface area (Å²) in [6.45, 7) is 8.63. The molecule has 20 heavy (non-hydrogen) atoms. The number of hydrogen-bond donors (Lipinski definition) is 3. The monoisotopic (exact) mass is 285 g/mol. The third-order valence-corrected chi connectivity index (χ3v) is 3.32. The lowest BCUT2D eigenvalue weighted by Crippen LogP contribution is -2.46. The van der Waals surface area contributed by atoms with Gasteiger partial charge in [0.1, 0.15) is 0 Å². The van der Waals surface area contributed by atoms with Gasteiger partial charge in [0, 0.05) is 25.0 Å². The first kappa shape index (κ1) is 16.9. The van der Waals surface area contributed by atoms with Crippen LogP contribution in [0.2, 0.25) is 0 Å².